The number of halogens is 1. The topological polar surface area (TPSA) is 43.8 Å². The number of fused-ring (bicyclic) bond motifs is 1. The summed E-state index contributed by atoms with van der Waals surface area (Å²) in [6, 6.07) is 6.14. The van der Waals surface area contributed by atoms with Gasteiger partial charge in [-0.2, -0.15) is 5.10 Å². The van der Waals surface area contributed by atoms with Crippen molar-refractivity contribution in [3.8, 4) is 0 Å². The minimum absolute atomic E-state index is 0.557. The molecule has 1 aromatic carbocycles. The highest BCUT2D eigenvalue weighted by molar-refractivity contribution is 6.34. The van der Waals surface area contributed by atoms with Crippen LogP contribution in [0.4, 0.5) is 0 Å². The van der Waals surface area contributed by atoms with Crippen molar-refractivity contribution in [2.75, 3.05) is 6.54 Å². The molecule has 3 nitrogen and oxygen atoms in total. The van der Waals surface area contributed by atoms with Gasteiger partial charge in [-0.3, -0.25) is 4.68 Å². The molecule has 0 bridgehead atoms. The van der Waals surface area contributed by atoms with Crippen molar-refractivity contribution >= 4 is 22.5 Å². The molecule has 0 aliphatic rings. The Morgan fingerprint density at radius 2 is 2.29 bits per heavy atom. The average molecular weight is 210 g/mol. The largest absolute Gasteiger partial charge is 0.330 e. The van der Waals surface area contributed by atoms with Crippen molar-refractivity contribution in [1.82, 2.24) is 9.78 Å². The number of nitrogens with two attached hydrogens (primary N) is 1. The Hall–Kier alpha value is -1.06. The van der Waals surface area contributed by atoms with Crippen molar-refractivity contribution in [3.63, 3.8) is 0 Å². The molecule has 0 saturated carbocycles. The molecule has 2 N–H and O–H groups in total. The van der Waals surface area contributed by atoms with Crippen LogP contribution in [-0.4, -0.2) is 16.3 Å². The quantitative estimate of drug-likeness (QED) is 0.819. The van der Waals surface area contributed by atoms with E-state index < -0.39 is 0 Å². The average Bonchev–Trinajstić information content (AvgIpc) is 2.43. The molecule has 1 aromatic heterocycles. The molecular weight excluding hydrogens is 198 g/mol. The van der Waals surface area contributed by atoms with Gasteiger partial charge in [-0.15, -0.1) is 0 Å². The summed E-state index contributed by atoms with van der Waals surface area (Å²) in [5.74, 6) is 0. The van der Waals surface area contributed by atoms with E-state index in [9.17, 15) is 0 Å². The highest BCUT2D eigenvalue weighted by atomic mass is 35.5. The zero-order valence-electron chi connectivity index (χ0n) is 8.00. The Morgan fingerprint density at radius 1 is 1.50 bits per heavy atom. The fourth-order valence-corrected chi connectivity index (χ4v) is 1.86. The van der Waals surface area contributed by atoms with Crippen LogP contribution in [0.1, 0.15) is 5.56 Å². The van der Waals surface area contributed by atoms with Crippen LogP contribution in [0.5, 0.6) is 0 Å². The second kappa shape index (κ2) is 3.59. The molecule has 0 atom stereocenters. The lowest BCUT2D eigenvalue weighted by atomic mass is 10.1. The summed E-state index contributed by atoms with van der Waals surface area (Å²) in [5, 5.41) is 5.70. The Bertz CT molecular complexity index is 462. The van der Waals surface area contributed by atoms with Crippen LogP contribution in [0.2, 0.25) is 5.15 Å². The molecule has 2 rings (SSSR count). The maximum absolute atomic E-state index is 5.99. The fraction of sp³-hybridized carbons (Fsp3) is 0.300. The molecule has 4 heteroatoms. The predicted octanol–water partition coefficient (Wildman–Crippen LogP) is 1.73. The molecule has 0 amide bonds. The van der Waals surface area contributed by atoms with Crippen molar-refractivity contribution in [2.45, 2.75) is 6.42 Å². The first-order valence-electron chi connectivity index (χ1n) is 4.53. The van der Waals surface area contributed by atoms with E-state index >= 15 is 0 Å². The number of hydrogen-bond donors (Lipinski definition) is 1. The smallest absolute Gasteiger partial charge is 0.158 e. The van der Waals surface area contributed by atoms with Crippen molar-refractivity contribution < 1.29 is 0 Å². The minimum Gasteiger partial charge on any atom is -0.330 e. The highest BCUT2D eigenvalue weighted by Crippen LogP contribution is 2.23. The number of benzene rings is 1. The molecule has 0 fully saturated rings. The zero-order chi connectivity index (χ0) is 10.1. The number of hydrogen-bond acceptors (Lipinski definition) is 2. The van der Waals surface area contributed by atoms with Crippen molar-refractivity contribution in [1.29, 1.82) is 0 Å². The molecule has 0 saturated heterocycles. The van der Waals surface area contributed by atoms with E-state index in [-0.39, 0.29) is 0 Å². The molecule has 0 radical (unpaired) electrons. The van der Waals surface area contributed by atoms with Crippen molar-refractivity contribution in [3.05, 3.63) is 28.9 Å². The molecule has 14 heavy (non-hydrogen) atoms. The second-order valence-corrected chi connectivity index (χ2v) is 3.66. The van der Waals surface area contributed by atoms with Gasteiger partial charge in [-0.1, -0.05) is 17.7 Å². The van der Waals surface area contributed by atoms with E-state index in [4.69, 9.17) is 17.3 Å². The van der Waals surface area contributed by atoms with E-state index in [1.54, 1.807) is 4.68 Å². The van der Waals surface area contributed by atoms with Gasteiger partial charge in [0.25, 0.3) is 0 Å². The lowest BCUT2D eigenvalue weighted by Crippen LogP contribution is -2.02. The first-order chi connectivity index (χ1) is 6.72. The zero-order valence-corrected chi connectivity index (χ0v) is 8.75. The highest BCUT2D eigenvalue weighted by Gasteiger charge is 2.06. The molecular formula is C10H12ClN3. The molecule has 1 heterocycles. The van der Waals surface area contributed by atoms with Gasteiger partial charge in [-0.25, -0.2) is 0 Å². The summed E-state index contributed by atoms with van der Waals surface area (Å²) in [6.07, 6.45) is 0.876. The van der Waals surface area contributed by atoms with Crippen LogP contribution in [0.25, 0.3) is 10.9 Å². The Balaban J connectivity index is 2.59. The van der Waals surface area contributed by atoms with Gasteiger partial charge in [0.1, 0.15) is 0 Å². The molecule has 0 aliphatic heterocycles. The number of rotatable bonds is 2. The fourth-order valence-electron chi connectivity index (χ4n) is 1.59. The van der Waals surface area contributed by atoms with Gasteiger partial charge < -0.3 is 5.73 Å². The van der Waals surface area contributed by atoms with Crippen LogP contribution in [0.15, 0.2) is 18.2 Å². The van der Waals surface area contributed by atoms with Crippen LogP contribution >= 0.6 is 11.6 Å². The Morgan fingerprint density at radius 3 is 3.00 bits per heavy atom. The lowest BCUT2D eigenvalue weighted by Gasteiger charge is -1.99. The molecule has 0 spiro atoms. The van der Waals surface area contributed by atoms with Crippen LogP contribution in [0, 0.1) is 0 Å². The van der Waals surface area contributed by atoms with Gasteiger partial charge >= 0.3 is 0 Å². The minimum atomic E-state index is 0.557. The van der Waals surface area contributed by atoms with E-state index in [2.05, 4.69) is 17.2 Å². The Kier molecular flexibility index (Phi) is 2.44. The predicted molar refractivity (Wildman–Crippen MR) is 58.5 cm³/mol. The number of aryl methyl sites for hydroxylation is 1. The van der Waals surface area contributed by atoms with Crippen LogP contribution in [-0.2, 0) is 13.5 Å². The first-order valence-corrected chi connectivity index (χ1v) is 4.91. The van der Waals surface area contributed by atoms with Gasteiger partial charge in [0.05, 0.1) is 5.52 Å². The summed E-state index contributed by atoms with van der Waals surface area (Å²) in [5.41, 5.74) is 7.75. The molecule has 0 aliphatic carbocycles. The normalized spacial score (nSPS) is 11.1. The maximum Gasteiger partial charge on any atom is 0.158 e. The molecule has 2 aromatic rings. The number of nitrogens with zero attached hydrogens (tertiary/aromatic N) is 2. The lowest BCUT2D eigenvalue weighted by molar-refractivity contribution is 0.797. The molecule has 0 unspecified atom stereocenters. The standard InChI is InChI=1S/C10H12ClN3/c1-14-9-3-2-7(4-5-12)6-8(9)10(11)13-14/h2-3,6H,4-5,12H2,1H3. The van der Waals surface area contributed by atoms with Gasteiger partial charge in [-0.05, 0) is 30.7 Å². The maximum atomic E-state index is 5.99. The summed E-state index contributed by atoms with van der Waals surface area (Å²) in [4.78, 5) is 0. The monoisotopic (exact) mass is 209 g/mol. The molecule has 74 valence electrons. The van der Waals surface area contributed by atoms with E-state index in [1.807, 2.05) is 13.1 Å². The third kappa shape index (κ3) is 1.49. The van der Waals surface area contributed by atoms with Crippen LogP contribution < -0.4 is 5.73 Å². The Labute approximate surface area is 87.5 Å². The van der Waals surface area contributed by atoms with E-state index in [0.717, 1.165) is 17.3 Å². The van der Waals surface area contributed by atoms with Gasteiger partial charge in [0.2, 0.25) is 0 Å². The second-order valence-electron chi connectivity index (χ2n) is 3.30. The third-order valence-corrected chi connectivity index (χ3v) is 2.58. The SMILES string of the molecule is Cn1nc(Cl)c2cc(CCN)ccc21. The van der Waals surface area contributed by atoms with Crippen molar-refractivity contribution in [2.24, 2.45) is 12.8 Å². The van der Waals surface area contributed by atoms with E-state index in [1.165, 1.54) is 5.56 Å². The summed E-state index contributed by atoms with van der Waals surface area (Å²) in [6.45, 7) is 0.656. The van der Waals surface area contributed by atoms with E-state index in [0.29, 0.717) is 11.7 Å². The van der Waals surface area contributed by atoms with Crippen LogP contribution in [0.3, 0.4) is 0 Å². The summed E-state index contributed by atoms with van der Waals surface area (Å²) < 4.78 is 1.78. The summed E-state index contributed by atoms with van der Waals surface area (Å²) in [7, 11) is 1.89. The number of aromatic nitrogens is 2. The summed E-state index contributed by atoms with van der Waals surface area (Å²) >= 11 is 5.99. The van der Waals surface area contributed by atoms with Gasteiger partial charge in [0, 0.05) is 12.4 Å². The first kappa shape index (κ1) is 9.49. The third-order valence-electron chi connectivity index (χ3n) is 2.30. The van der Waals surface area contributed by atoms with Gasteiger partial charge in [0.15, 0.2) is 5.15 Å².